The molecular weight excluding hydrogens is 307 g/mol. The van der Waals surface area contributed by atoms with Crippen LogP contribution in [0.3, 0.4) is 0 Å². The van der Waals surface area contributed by atoms with E-state index in [2.05, 4.69) is 0 Å². The molecule has 1 aliphatic rings. The highest BCUT2D eigenvalue weighted by Gasteiger charge is 2.36. The van der Waals surface area contributed by atoms with E-state index in [1.54, 1.807) is 5.38 Å². The number of aryl methyl sites for hydroxylation is 1. The molecule has 0 fully saturated rings. The van der Waals surface area contributed by atoms with Crippen LogP contribution in [0.2, 0.25) is 0 Å². The molecule has 0 aliphatic heterocycles. The minimum atomic E-state index is -4.65. The van der Waals surface area contributed by atoms with Crippen molar-refractivity contribution < 1.29 is 27.9 Å². The maximum atomic E-state index is 12.3. The minimum Gasteiger partial charge on any atom is -0.480 e. The molecule has 4 nitrogen and oxygen atoms in total. The van der Waals surface area contributed by atoms with Crippen molar-refractivity contribution in [3.63, 3.8) is 0 Å². The predicted octanol–water partition coefficient (Wildman–Crippen LogP) is 2.76. The van der Waals surface area contributed by atoms with Gasteiger partial charge >= 0.3 is 12.1 Å². The number of amides is 1. The van der Waals surface area contributed by atoms with Crippen LogP contribution in [0.25, 0.3) is 0 Å². The summed E-state index contributed by atoms with van der Waals surface area (Å²) >= 11 is 1.40. The van der Waals surface area contributed by atoms with E-state index in [1.807, 2.05) is 5.32 Å². The Morgan fingerprint density at radius 3 is 2.62 bits per heavy atom. The smallest absolute Gasteiger partial charge is 0.391 e. The number of hydrogen-bond donors (Lipinski definition) is 2. The van der Waals surface area contributed by atoms with Crippen LogP contribution in [-0.4, -0.2) is 29.2 Å². The van der Waals surface area contributed by atoms with E-state index < -0.39 is 30.5 Å². The quantitative estimate of drug-likeness (QED) is 0.896. The molecule has 1 unspecified atom stereocenters. The number of carboxylic acids is 1. The van der Waals surface area contributed by atoms with Gasteiger partial charge in [0.1, 0.15) is 6.04 Å². The highest BCUT2D eigenvalue weighted by atomic mass is 32.1. The summed E-state index contributed by atoms with van der Waals surface area (Å²) in [5, 5.41) is 12.4. The normalized spacial score (nSPS) is 16.1. The Labute approximate surface area is 123 Å². The predicted molar refractivity (Wildman–Crippen MR) is 70.5 cm³/mol. The van der Waals surface area contributed by atoms with Crippen molar-refractivity contribution in [1.29, 1.82) is 0 Å². The average Bonchev–Trinajstić information content (AvgIpc) is 2.80. The van der Waals surface area contributed by atoms with Crippen molar-refractivity contribution >= 4 is 23.2 Å². The summed E-state index contributed by atoms with van der Waals surface area (Å²) in [5.41, 5.74) is 1.16. The molecule has 0 aromatic carbocycles. The fourth-order valence-electron chi connectivity index (χ4n) is 2.35. The summed E-state index contributed by atoms with van der Waals surface area (Å²) in [7, 11) is 0. The number of halogens is 3. The Morgan fingerprint density at radius 1 is 1.33 bits per heavy atom. The number of thiophene rings is 1. The molecule has 1 aromatic rings. The number of hydrogen-bond acceptors (Lipinski definition) is 3. The zero-order valence-electron chi connectivity index (χ0n) is 11.0. The van der Waals surface area contributed by atoms with E-state index in [-0.39, 0.29) is 0 Å². The largest absolute Gasteiger partial charge is 0.480 e. The van der Waals surface area contributed by atoms with Gasteiger partial charge in [-0.3, -0.25) is 4.79 Å². The third-order valence-electron chi connectivity index (χ3n) is 3.34. The van der Waals surface area contributed by atoms with Crippen LogP contribution in [0.4, 0.5) is 13.2 Å². The Morgan fingerprint density at radius 2 is 2.00 bits per heavy atom. The number of carboxylic acid groups (broad SMARTS) is 1. The molecule has 0 bridgehead atoms. The van der Waals surface area contributed by atoms with E-state index in [4.69, 9.17) is 5.11 Å². The molecule has 0 radical (unpaired) electrons. The van der Waals surface area contributed by atoms with Gasteiger partial charge in [0, 0.05) is 10.3 Å². The highest BCUT2D eigenvalue weighted by molar-refractivity contribution is 7.10. The number of carbonyl (C=O) groups is 2. The zero-order valence-corrected chi connectivity index (χ0v) is 11.8. The first-order valence-electron chi connectivity index (χ1n) is 6.47. The zero-order chi connectivity index (χ0) is 15.6. The van der Waals surface area contributed by atoms with Gasteiger partial charge in [0.25, 0.3) is 5.91 Å². The number of fused-ring (bicyclic) bond motifs is 1. The molecule has 0 spiro atoms. The van der Waals surface area contributed by atoms with Crippen molar-refractivity contribution in [3.8, 4) is 0 Å². The molecule has 1 amide bonds. The number of aliphatic carboxylic acids is 1. The highest BCUT2D eigenvalue weighted by Crippen LogP contribution is 2.30. The van der Waals surface area contributed by atoms with Gasteiger partial charge in [0.15, 0.2) is 0 Å². The van der Waals surface area contributed by atoms with Gasteiger partial charge in [-0.05, 0) is 31.2 Å². The van der Waals surface area contributed by atoms with Gasteiger partial charge in [0.05, 0.1) is 12.0 Å². The van der Waals surface area contributed by atoms with Gasteiger partial charge in [0.2, 0.25) is 0 Å². The van der Waals surface area contributed by atoms with Crippen LogP contribution < -0.4 is 5.32 Å². The topological polar surface area (TPSA) is 66.4 Å². The molecule has 1 atom stereocenters. The standard InChI is InChI=1S/C13H14F3NO3S/c14-13(15,16)5-9(12(19)20)17-11(18)8-6-21-10-4-2-1-3-7(8)10/h6,9H,1-5H2,(H,17,18)(H,19,20). The Kier molecular flexibility index (Phi) is 4.55. The van der Waals surface area contributed by atoms with E-state index >= 15 is 0 Å². The molecule has 1 aromatic heterocycles. The third-order valence-corrected chi connectivity index (χ3v) is 4.43. The minimum absolute atomic E-state index is 0.308. The molecule has 0 saturated carbocycles. The second kappa shape index (κ2) is 6.05. The molecule has 2 rings (SSSR count). The van der Waals surface area contributed by atoms with Gasteiger partial charge in [-0.15, -0.1) is 11.3 Å². The van der Waals surface area contributed by atoms with E-state index in [0.717, 1.165) is 29.7 Å². The lowest BCUT2D eigenvalue weighted by Gasteiger charge is -2.17. The molecule has 21 heavy (non-hydrogen) atoms. The lowest BCUT2D eigenvalue weighted by molar-refractivity contribution is -0.157. The summed E-state index contributed by atoms with van der Waals surface area (Å²) in [6, 6.07) is -1.96. The van der Waals surface area contributed by atoms with Gasteiger partial charge in [-0.2, -0.15) is 13.2 Å². The summed E-state index contributed by atoms with van der Waals surface area (Å²) < 4.78 is 37.0. The molecule has 8 heteroatoms. The fraction of sp³-hybridized carbons (Fsp3) is 0.538. The lowest BCUT2D eigenvalue weighted by atomic mass is 9.95. The summed E-state index contributed by atoms with van der Waals surface area (Å²) in [6.07, 6.45) is -2.71. The van der Waals surface area contributed by atoms with Crippen LogP contribution >= 0.6 is 11.3 Å². The van der Waals surface area contributed by atoms with Crippen molar-refractivity contribution in [3.05, 3.63) is 21.4 Å². The lowest BCUT2D eigenvalue weighted by Crippen LogP contribution is -2.43. The van der Waals surface area contributed by atoms with Crippen molar-refractivity contribution in [2.45, 2.75) is 44.3 Å². The van der Waals surface area contributed by atoms with E-state index in [9.17, 15) is 22.8 Å². The fourth-order valence-corrected chi connectivity index (χ4v) is 3.48. The van der Waals surface area contributed by atoms with Crippen molar-refractivity contribution in [2.24, 2.45) is 0 Å². The Hall–Kier alpha value is -1.57. The summed E-state index contributed by atoms with van der Waals surface area (Å²) in [6.45, 7) is 0. The van der Waals surface area contributed by atoms with Crippen LogP contribution in [0.15, 0.2) is 5.38 Å². The SMILES string of the molecule is O=C(NC(CC(F)(F)F)C(=O)O)c1csc2c1CCCC2. The molecule has 1 aliphatic carbocycles. The summed E-state index contributed by atoms with van der Waals surface area (Å²) in [4.78, 5) is 24.0. The van der Waals surface area contributed by atoms with Crippen LogP contribution in [0, 0.1) is 0 Å². The van der Waals surface area contributed by atoms with Crippen LogP contribution in [-0.2, 0) is 17.6 Å². The number of rotatable bonds is 4. The third kappa shape index (κ3) is 3.96. The average molecular weight is 321 g/mol. The Balaban J connectivity index is 2.12. The molecule has 1 heterocycles. The number of carbonyl (C=O) groups excluding carboxylic acids is 1. The van der Waals surface area contributed by atoms with Gasteiger partial charge in [-0.25, -0.2) is 4.79 Å². The number of alkyl halides is 3. The molecule has 116 valence electrons. The van der Waals surface area contributed by atoms with Gasteiger partial charge < -0.3 is 10.4 Å². The van der Waals surface area contributed by atoms with Crippen LogP contribution in [0.1, 0.15) is 40.1 Å². The number of nitrogens with one attached hydrogen (secondary N) is 1. The second-order valence-electron chi connectivity index (χ2n) is 4.94. The first-order valence-corrected chi connectivity index (χ1v) is 7.35. The first-order chi connectivity index (χ1) is 9.78. The van der Waals surface area contributed by atoms with Crippen molar-refractivity contribution in [1.82, 2.24) is 5.32 Å². The molecular formula is C13H14F3NO3S. The van der Waals surface area contributed by atoms with Gasteiger partial charge in [-0.1, -0.05) is 0 Å². The Bertz CT molecular complexity index is 553. The molecule has 0 saturated heterocycles. The summed E-state index contributed by atoms with van der Waals surface area (Å²) in [5.74, 6) is -2.43. The van der Waals surface area contributed by atoms with Crippen LogP contribution in [0.5, 0.6) is 0 Å². The van der Waals surface area contributed by atoms with Crippen molar-refractivity contribution in [2.75, 3.05) is 0 Å². The maximum absolute atomic E-state index is 12.3. The second-order valence-corrected chi connectivity index (χ2v) is 5.91. The first kappa shape index (κ1) is 15.8. The van der Waals surface area contributed by atoms with E-state index in [0.29, 0.717) is 12.0 Å². The monoisotopic (exact) mass is 321 g/mol. The molecule has 2 N–H and O–H groups in total. The van der Waals surface area contributed by atoms with E-state index in [1.165, 1.54) is 11.3 Å². The maximum Gasteiger partial charge on any atom is 0.391 e.